The molecule has 1 saturated heterocycles. The number of alkyl halides is 3. The van der Waals surface area contributed by atoms with Crippen LogP contribution >= 0.6 is 24.0 Å². The van der Waals surface area contributed by atoms with Gasteiger partial charge in [-0.05, 0) is 38.0 Å². The Morgan fingerprint density at radius 2 is 2.07 bits per heavy atom. The average Bonchev–Trinajstić information content (AvgIpc) is 3.12. The fourth-order valence-electron chi connectivity index (χ4n) is 3.21. The zero-order valence-electron chi connectivity index (χ0n) is 17.7. The number of carbonyl (C=O) groups is 1. The molecule has 0 saturated carbocycles. The van der Waals surface area contributed by atoms with Crippen LogP contribution in [0.4, 0.5) is 13.2 Å². The van der Waals surface area contributed by atoms with E-state index in [1.165, 1.54) is 12.1 Å². The summed E-state index contributed by atoms with van der Waals surface area (Å²) in [5.74, 6) is 0.678. The molecule has 1 atom stereocenters. The summed E-state index contributed by atoms with van der Waals surface area (Å²) in [7, 11) is 1.56. The topological polar surface area (TPSA) is 66.0 Å². The van der Waals surface area contributed by atoms with Gasteiger partial charge in [-0.2, -0.15) is 13.2 Å². The second kappa shape index (κ2) is 11.6. The van der Waals surface area contributed by atoms with E-state index in [-0.39, 0.29) is 59.9 Å². The molecule has 30 heavy (non-hydrogen) atoms. The molecule has 0 radical (unpaired) electrons. The molecule has 1 unspecified atom stereocenters. The van der Waals surface area contributed by atoms with Gasteiger partial charge in [0, 0.05) is 39.1 Å². The fraction of sp³-hybridized carbons (Fsp3) is 0.600. The number of benzene rings is 1. The number of ether oxygens (including phenoxy) is 1. The molecule has 1 aliphatic rings. The first kappa shape index (κ1) is 26.3. The maximum Gasteiger partial charge on any atom is 0.416 e. The fourth-order valence-corrected chi connectivity index (χ4v) is 3.21. The number of amides is 1. The van der Waals surface area contributed by atoms with Crippen LogP contribution in [0.5, 0.6) is 5.75 Å². The van der Waals surface area contributed by atoms with Gasteiger partial charge < -0.3 is 20.3 Å². The molecule has 0 bridgehead atoms. The Bertz CT molecular complexity index is 741. The van der Waals surface area contributed by atoms with Crippen LogP contribution in [0.2, 0.25) is 0 Å². The van der Waals surface area contributed by atoms with Crippen molar-refractivity contribution in [3.05, 3.63) is 29.3 Å². The molecule has 2 N–H and O–H groups in total. The summed E-state index contributed by atoms with van der Waals surface area (Å²) >= 11 is 0. The van der Waals surface area contributed by atoms with E-state index < -0.39 is 11.7 Å². The van der Waals surface area contributed by atoms with E-state index in [1.807, 2.05) is 6.92 Å². The van der Waals surface area contributed by atoms with Crippen molar-refractivity contribution in [3.8, 4) is 5.75 Å². The lowest BCUT2D eigenvalue weighted by molar-refractivity contribution is -0.138. The van der Waals surface area contributed by atoms with E-state index >= 15 is 0 Å². The minimum atomic E-state index is -4.49. The number of halogens is 4. The normalized spacial score (nSPS) is 17.0. The number of rotatable bonds is 6. The van der Waals surface area contributed by atoms with Gasteiger partial charge in [-0.3, -0.25) is 9.79 Å². The van der Waals surface area contributed by atoms with Crippen LogP contribution in [0.3, 0.4) is 0 Å². The molecule has 1 aromatic rings. The summed E-state index contributed by atoms with van der Waals surface area (Å²) in [6.07, 6.45) is -3.48. The third kappa shape index (κ3) is 7.51. The van der Waals surface area contributed by atoms with Gasteiger partial charge >= 0.3 is 6.18 Å². The van der Waals surface area contributed by atoms with Gasteiger partial charge in [-0.25, -0.2) is 0 Å². The predicted molar refractivity (Wildman–Crippen MR) is 121 cm³/mol. The molecule has 1 heterocycles. The molecule has 0 spiro atoms. The Morgan fingerprint density at radius 3 is 2.63 bits per heavy atom. The Morgan fingerprint density at radius 1 is 1.37 bits per heavy atom. The summed E-state index contributed by atoms with van der Waals surface area (Å²) in [5, 5.41) is 6.12. The highest BCUT2D eigenvalue weighted by Crippen LogP contribution is 2.34. The highest BCUT2D eigenvalue weighted by Gasteiger charge is 2.34. The summed E-state index contributed by atoms with van der Waals surface area (Å²) in [5.41, 5.74) is -0.634. The van der Waals surface area contributed by atoms with Gasteiger partial charge in [0.15, 0.2) is 5.96 Å². The van der Waals surface area contributed by atoms with Crippen LogP contribution in [-0.4, -0.2) is 49.0 Å². The summed E-state index contributed by atoms with van der Waals surface area (Å²) in [4.78, 5) is 17.7. The van der Waals surface area contributed by atoms with Gasteiger partial charge in [0.1, 0.15) is 5.75 Å². The molecule has 2 rings (SSSR count). The second-order valence-electron chi connectivity index (χ2n) is 7.23. The van der Waals surface area contributed by atoms with Crippen molar-refractivity contribution in [2.75, 3.05) is 20.1 Å². The second-order valence-corrected chi connectivity index (χ2v) is 7.23. The summed E-state index contributed by atoms with van der Waals surface area (Å²) in [6.45, 7) is 6.52. The molecule has 0 aliphatic carbocycles. The lowest BCUT2D eigenvalue weighted by Gasteiger charge is -2.20. The van der Waals surface area contributed by atoms with Crippen LogP contribution in [-0.2, 0) is 17.5 Å². The van der Waals surface area contributed by atoms with Crippen LogP contribution in [0, 0.1) is 0 Å². The van der Waals surface area contributed by atoms with Crippen LogP contribution in [0.25, 0.3) is 0 Å². The van der Waals surface area contributed by atoms with Crippen molar-refractivity contribution in [2.45, 2.75) is 58.5 Å². The van der Waals surface area contributed by atoms with Gasteiger partial charge in [0.25, 0.3) is 0 Å². The number of carbonyl (C=O) groups excluding carboxylic acids is 1. The molecule has 10 heteroatoms. The molecule has 170 valence electrons. The van der Waals surface area contributed by atoms with Crippen molar-refractivity contribution < 1.29 is 22.7 Å². The van der Waals surface area contributed by atoms with Gasteiger partial charge in [-0.1, -0.05) is 13.0 Å². The lowest BCUT2D eigenvalue weighted by atomic mass is 10.1. The SMILES string of the molecule is CCC(=O)N1CCC(NC(=NC)NCc2ccc(OC(C)C)cc2C(F)(F)F)C1.I. The third-order valence-electron chi connectivity index (χ3n) is 4.61. The molecule has 1 amide bonds. The highest BCUT2D eigenvalue weighted by atomic mass is 127. The Kier molecular flexibility index (Phi) is 10.2. The highest BCUT2D eigenvalue weighted by molar-refractivity contribution is 14.0. The Labute approximate surface area is 192 Å². The first-order chi connectivity index (χ1) is 13.6. The lowest BCUT2D eigenvalue weighted by Crippen LogP contribution is -2.44. The first-order valence-electron chi connectivity index (χ1n) is 9.75. The van der Waals surface area contributed by atoms with Gasteiger partial charge in [0.2, 0.25) is 5.91 Å². The van der Waals surface area contributed by atoms with Crippen molar-refractivity contribution in [2.24, 2.45) is 4.99 Å². The van der Waals surface area contributed by atoms with E-state index in [4.69, 9.17) is 4.74 Å². The predicted octanol–water partition coefficient (Wildman–Crippen LogP) is 3.79. The molecule has 1 fully saturated rings. The van der Waals surface area contributed by atoms with Crippen molar-refractivity contribution in [1.29, 1.82) is 0 Å². The molecule has 1 aromatic carbocycles. The van der Waals surface area contributed by atoms with E-state index in [1.54, 1.807) is 25.8 Å². The molecular formula is C20H30F3IN4O2. The minimum Gasteiger partial charge on any atom is -0.491 e. The minimum absolute atomic E-state index is 0. The standard InChI is InChI=1S/C20H29F3N4O2.HI/c1-5-18(28)27-9-8-15(12-27)26-19(24-4)25-11-14-6-7-16(29-13(2)3)10-17(14)20(21,22)23;/h6-7,10,13,15H,5,8-9,11-12H2,1-4H3,(H2,24,25,26);1H. The van der Waals surface area contributed by atoms with E-state index in [0.717, 1.165) is 12.5 Å². The van der Waals surface area contributed by atoms with Crippen LogP contribution < -0.4 is 15.4 Å². The molecule has 1 aliphatic heterocycles. The number of nitrogens with zero attached hydrogens (tertiary/aromatic N) is 2. The number of likely N-dealkylation sites (tertiary alicyclic amines) is 1. The first-order valence-corrected chi connectivity index (χ1v) is 9.75. The van der Waals surface area contributed by atoms with Gasteiger partial charge in [0.05, 0.1) is 11.7 Å². The number of guanidine groups is 1. The smallest absolute Gasteiger partial charge is 0.416 e. The van der Waals surface area contributed by atoms with E-state index in [9.17, 15) is 18.0 Å². The molecule has 6 nitrogen and oxygen atoms in total. The number of nitrogens with one attached hydrogen (secondary N) is 2. The van der Waals surface area contributed by atoms with Crippen LogP contribution in [0.15, 0.2) is 23.2 Å². The van der Waals surface area contributed by atoms with E-state index in [0.29, 0.717) is 25.5 Å². The average molecular weight is 542 g/mol. The molecule has 0 aromatic heterocycles. The number of hydrogen-bond donors (Lipinski definition) is 2. The summed E-state index contributed by atoms with van der Waals surface area (Å²) < 4.78 is 45.8. The number of aliphatic imine (C=N–C) groups is 1. The zero-order chi connectivity index (χ0) is 21.6. The summed E-state index contributed by atoms with van der Waals surface area (Å²) in [6, 6.07) is 3.99. The van der Waals surface area contributed by atoms with Crippen molar-refractivity contribution in [1.82, 2.24) is 15.5 Å². The maximum absolute atomic E-state index is 13.5. The monoisotopic (exact) mass is 542 g/mol. The Balaban J connectivity index is 0.00000450. The van der Waals surface area contributed by atoms with E-state index in [2.05, 4.69) is 15.6 Å². The van der Waals surface area contributed by atoms with Crippen LogP contribution in [0.1, 0.15) is 44.7 Å². The molecular weight excluding hydrogens is 512 g/mol. The van der Waals surface area contributed by atoms with Crippen molar-refractivity contribution >= 4 is 35.8 Å². The van der Waals surface area contributed by atoms with Crippen molar-refractivity contribution in [3.63, 3.8) is 0 Å². The van der Waals surface area contributed by atoms with Gasteiger partial charge in [-0.15, -0.1) is 24.0 Å². The number of hydrogen-bond acceptors (Lipinski definition) is 3. The largest absolute Gasteiger partial charge is 0.491 e. The Hall–Kier alpha value is -1.72. The maximum atomic E-state index is 13.5. The zero-order valence-corrected chi connectivity index (χ0v) is 20.0. The quantitative estimate of drug-likeness (QED) is 0.327. The third-order valence-corrected chi connectivity index (χ3v) is 4.61.